The maximum atomic E-state index is 10.3. The normalized spacial score (nSPS) is 19.1. The van der Waals surface area contributed by atoms with E-state index in [0.717, 1.165) is 6.42 Å². The first kappa shape index (κ1) is 13.7. The summed E-state index contributed by atoms with van der Waals surface area (Å²) in [5, 5.41) is 17.9. The summed E-state index contributed by atoms with van der Waals surface area (Å²) in [6.07, 6.45) is 1.00. The second-order valence-corrected chi connectivity index (χ2v) is 5.61. The highest BCUT2D eigenvalue weighted by atomic mass is 32.1. The Morgan fingerprint density at radius 3 is 2.69 bits per heavy atom. The largest absolute Gasteiger partial charge is 0.389 e. The van der Waals surface area contributed by atoms with E-state index in [9.17, 15) is 5.11 Å². The van der Waals surface area contributed by atoms with E-state index >= 15 is 0 Å². The molecule has 0 saturated carbocycles. The molecule has 0 aliphatic carbocycles. The molecule has 16 heavy (non-hydrogen) atoms. The number of nitrogens with one attached hydrogen (secondary N) is 1. The van der Waals surface area contributed by atoms with E-state index in [-0.39, 0.29) is 0 Å². The molecular formula is C13H23NOS. The highest BCUT2D eigenvalue weighted by Gasteiger charge is 2.27. The number of hydrogen-bond donors (Lipinski definition) is 2. The van der Waals surface area contributed by atoms with Crippen LogP contribution < -0.4 is 5.32 Å². The fourth-order valence-corrected chi connectivity index (χ4v) is 2.37. The Bertz CT molecular complexity index is 295. The first-order valence-electron chi connectivity index (χ1n) is 5.95. The lowest BCUT2D eigenvalue weighted by Crippen LogP contribution is -2.43. The molecule has 1 rings (SSSR count). The van der Waals surface area contributed by atoms with Gasteiger partial charge in [-0.1, -0.05) is 20.3 Å². The minimum Gasteiger partial charge on any atom is -0.389 e. The summed E-state index contributed by atoms with van der Waals surface area (Å²) in [4.78, 5) is 0. The monoisotopic (exact) mass is 241 g/mol. The minimum atomic E-state index is -0.626. The van der Waals surface area contributed by atoms with Gasteiger partial charge in [-0.3, -0.25) is 0 Å². The van der Waals surface area contributed by atoms with Gasteiger partial charge in [0.2, 0.25) is 0 Å². The topological polar surface area (TPSA) is 32.3 Å². The van der Waals surface area contributed by atoms with Crippen LogP contribution in [0.25, 0.3) is 0 Å². The van der Waals surface area contributed by atoms with E-state index in [1.54, 1.807) is 11.3 Å². The van der Waals surface area contributed by atoms with Crippen LogP contribution in [0.4, 0.5) is 0 Å². The summed E-state index contributed by atoms with van der Waals surface area (Å²) in [6, 6.07) is 2.43. The average molecular weight is 241 g/mol. The zero-order valence-electron chi connectivity index (χ0n) is 10.7. The van der Waals surface area contributed by atoms with Gasteiger partial charge in [-0.05, 0) is 42.2 Å². The van der Waals surface area contributed by atoms with Crippen molar-refractivity contribution in [3.05, 3.63) is 22.4 Å². The van der Waals surface area contributed by atoms with Gasteiger partial charge in [0.1, 0.15) is 0 Å². The molecule has 0 aliphatic heterocycles. The first-order chi connectivity index (χ1) is 7.47. The van der Waals surface area contributed by atoms with Crippen molar-refractivity contribution in [3.8, 4) is 0 Å². The molecule has 0 aromatic carbocycles. The van der Waals surface area contributed by atoms with Crippen LogP contribution in [-0.2, 0) is 0 Å². The number of aliphatic hydroxyl groups is 1. The molecule has 2 nitrogen and oxygen atoms in total. The molecule has 0 spiro atoms. The highest BCUT2D eigenvalue weighted by Crippen LogP contribution is 2.21. The second-order valence-electron chi connectivity index (χ2n) is 4.83. The van der Waals surface area contributed by atoms with Crippen LogP contribution in [0.5, 0.6) is 0 Å². The van der Waals surface area contributed by atoms with Crippen LogP contribution in [0.1, 0.15) is 45.7 Å². The quantitative estimate of drug-likeness (QED) is 0.801. The highest BCUT2D eigenvalue weighted by molar-refractivity contribution is 7.07. The summed E-state index contributed by atoms with van der Waals surface area (Å²) in [5.74, 6) is 0.315. The van der Waals surface area contributed by atoms with Crippen molar-refractivity contribution in [2.75, 3.05) is 6.54 Å². The molecule has 1 heterocycles. The molecule has 0 fully saturated rings. The predicted molar refractivity (Wildman–Crippen MR) is 70.8 cm³/mol. The number of rotatable bonds is 6. The standard InChI is InChI=1S/C13H23NOS/c1-5-10(2)13(4,15)9-14-11(3)12-6-7-16-8-12/h6-8,10-11,14-15H,5,9H2,1-4H3. The maximum absolute atomic E-state index is 10.3. The van der Waals surface area contributed by atoms with E-state index in [1.165, 1.54) is 5.56 Å². The van der Waals surface area contributed by atoms with Crippen LogP contribution in [0.3, 0.4) is 0 Å². The van der Waals surface area contributed by atoms with E-state index in [4.69, 9.17) is 0 Å². The van der Waals surface area contributed by atoms with Crippen LogP contribution in [0.15, 0.2) is 16.8 Å². The van der Waals surface area contributed by atoms with Crippen molar-refractivity contribution >= 4 is 11.3 Å². The molecule has 3 unspecified atom stereocenters. The molecule has 2 N–H and O–H groups in total. The van der Waals surface area contributed by atoms with E-state index in [1.807, 2.05) is 6.92 Å². The van der Waals surface area contributed by atoms with Crippen molar-refractivity contribution < 1.29 is 5.11 Å². The first-order valence-corrected chi connectivity index (χ1v) is 6.89. The Balaban J connectivity index is 2.45. The molecule has 1 aromatic rings. The summed E-state index contributed by atoms with van der Waals surface area (Å²) < 4.78 is 0. The Hall–Kier alpha value is -0.380. The molecule has 1 aromatic heterocycles. The van der Waals surface area contributed by atoms with Gasteiger partial charge < -0.3 is 10.4 Å². The van der Waals surface area contributed by atoms with Gasteiger partial charge in [0.25, 0.3) is 0 Å². The Morgan fingerprint density at radius 1 is 1.50 bits per heavy atom. The fraction of sp³-hybridized carbons (Fsp3) is 0.692. The molecule has 0 amide bonds. The summed E-state index contributed by atoms with van der Waals surface area (Å²) in [6.45, 7) is 8.89. The zero-order valence-corrected chi connectivity index (χ0v) is 11.5. The van der Waals surface area contributed by atoms with Crippen molar-refractivity contribution in [2.24, 2.45) is 5.92 Å². The fourth-order valence-electron chi connectivity index (χ4n) is 1.61. The molecule has 3 atom stereocenters. The minimum absolute atomic E-state index is 0.307. The van der Waals surface area contributed by atoms with Crippen LogP contribution in [-0.4, -0.2) is 17.3 Å². The lowest BCUT2D eigenvalue weighted by molar-refractivity contribution is 0.00366. The van der Waals surface area contributed by atoms with Gasteiger partial charge in [0, 0.05) is 12.6 Å². The third kappa shape index (κ3) is 3.58. The zero-order chi connectivity index (χ0) is 12.2. The Morgan fingerprint density at radius 2 is 2.19 bits per heavy atom. The lowest BCUT2D eigenvalue weighted by atomic mass is 9.88. The molecule has 92 valence electrons. The van der Waals surface area contributed by atoms with Gasteiger partial charge in [-0.25, -0.2) is 0 Å². The van der Waals surface area contributed by atoms with Crippen LogP contribution >= 0.6 is 11.3 Å². The van der Waals surface area contributed by atoms with E-state index < -0.39 is 5.60 Å². The smallest absolute Gasteiger partial charge is 0.0769 e. The van der Waals surface area contributed by atoms with E-state index in [2.05, 4.69) is 42.9 Å². The molecule has 3 heteroatoms. The van der Waals surface area contributed by atoms with Gasteiger partial charge in [0.15, 0.2) is 0 Å². The van der Waals surface area contributed by atoms with Gasteiger partial charge in [-0.2, -0.15) is 11.3 Å². The van der Waals surface area contributed by atoms with Crippen LogP contribution in [0, 0.1) is 5.92 Å². The van der Waals surface area contributed by atoms with Crippen molar-refractivity contribution in [3.63, 3.8) is 0 Å². The van der Waals surface area contributed by atoms with Crippen molar-refractivity contribution in [1.29, 1.82) is 0 Å². The Labute approximate surface area is 103 Å². The summed E-state index contributed by atoms with van der Waals surface area (Å²) in [7, 11) is 0. The third-order valence-electron chi connectivity index (χ3n) is 3.48. The van der Waals surface area contributed by atoms with Gasteiger partial charge in [-0.15, -0.1) is 0 Å². The number of hydrogen-bond acceptors (Lipinski definition) is 3. The second kappa shape index (κ2) is 5.80. The Kier molecular flexibility index (Phi) is 4.96. The van der Waals surface area contributed by atoms with Crippen molar-refractivity contribution in [2.45, 2.75) is 45.8 Å². The summed E-state index contributed by atoms with van der Waals surface area (Å²) >= 11 is 1.71. The molecule has 0 saturated heterocycles. The van der Waals surface area contributed by atoms with Gasteiger partial charge >= 0.3 is 0 Å². The van der Waals surface area contributed by atoms with E-state index in [0.29, 0.717) is 18.5 Å². The molecule has 0 bridgehead atoms. The van der Waals surface area contributed by atoms with Crippen molar-refractivity contribution in [1.82, 2.24) is 5.32 Å². The summed E-state index contributed by atoms with van der Waals surface area (Å²) in [5.41, 5.74) is 0.670. The van der Waals surface area contributed by atoms with Gasteiger partial charge in [0.05, 0.1) is 5.60 Å². The average Bonchev–Trinajstić information content (AvgIpc) is 2.78. The third-order valence-corrected chi connectivity index (χ3v) is 4.18. The lowest BCUT2D eigenvalue weighted by Gasteiger charge is -2.31. The predicted octanol–water partition coefficient (Wildman–Crippen LogP) is 3.20. The SMILES string of the molecule is CCC(C)C(C)(O)CNC(C)c1ccsc1. The molecule has 0 radical (unpaired) electrons. The molecular weight excluding hydrogens is 218 g/mol. The maximum Gasteiger partial charge on any atom is 0.0769 e. The molecule has 0 aliphatic rings. The van der Waals surface area contributed by atoms with Crippen LogP contribution in [0.2, 0.25) is 0 Å². The number of thiophene rings is 1.